The Balaban J connectivity index is 2.23. The number of hydrogen-bond donors (Lipinski definition) is 1. The summed E-state index contributed by atoms with van der Waals surface area (Å²) in [5.74, 6) is 0.540. The first-order chi connectivity index (χ1) is 8.61. The molecule has 0 aliphatic carbocycles. The fourth-order valence-electron chi connectivity index (χ4n) is 1.93. The van der Waals surface area contributed by atoms with E-state index in [4.69, 9.17) is 9.84 Å². The van der Waals surface area contributed by atoms with E-state index in [9.17, 15) is 10.1 Å². The Labute approximate surface area is 104 Å². The highest BCUT2D eigenvalue weighted by atomic mass is 16.6. The van der Waals surface area contributed by atoms with Crippen molar-refractivity contribution in [2.75, 3.05) is 24.7 Å². The first kappa shape index (κ1) is 12.7. The molecule has 1 aromatic heterocycles. The summed E-state index contributed by atoms with van der Waals surface area (Å²) in [6.07, 6.45) is 1.14. The minimum Gasteiger partial charge on any atom is -0.394 e. The lowest BCUT2D eigenvalue weighted by Gasteiger charge is -2.38. The average molecular weight is 253 g/mol. The Hall–Kier alpha value is -1.73. The molecule has 18 heavy (non-hydrogen) atoms. The first-order valence-electron chi connectivity index (χ1n) is 5.71. The Morgan fingerprint density at radius 1 is 1.72 bits per heavy atom. The number of ether oxygens (including phenoxy) is 1. The van der Waals surface area contributed by atoms with Crippen LogP contribution in [-0.4, -0.2) is 46.9 Å². The highest BCUT2D eigenvalue weighted by Crippen LogP contribution is 2.23. The maximum atomic E-state index is 10.7. The van der Waals surface area contributed by atoms with Crippen molar-refractivity contribution in [3.63, 3.8) is 0 Å². The van der Waals surface area contributed by atoms with Gasteiger partial charge in [-0.1, -0.05) is 0 Å². The molecular weight excluding hydrogens is 238 g/mol. The molecule has 7 heteroatoms. The lowest BCUT2D eigenvalue weighted by molar-refractivity contribution is -0.384. The van der Waals surface area contributed by atoms with Crippen LogP contribution in [0.15, 0.2) is 18.3 Å². The van der Waals surface area contributed by atoms with Crippen molar-refractivity contribution in [3.8, 4) is 0 Å². The lowest BCUT2D eigenvalue weighted by Crippen LogP contribution is -2.49. The number of pyridine rings is 1. The van der Waals surface area contributed by atoms with E-state index in [1.54, 1.807) is 0 Å². The number of rotatable bonds is 3. The summed E-state index contributed by atoms with van der Waals surface area (Å²) in [6, 6.07) is 2.87. The van der Waals surface area contributed by atoms with Crippen LogP contribution in [0, 0.1) is 10.1 Å². The van der Waals surface area contributed by atoms with Crippen molar-refractivity contribution in [1.29, 1.82) is 0 Å². The summed E-state index contributed by atoms with van der Waals surface area (Å²) in [4.78, 5) is 16.4. The Morgan fingerprint density at radius 3 is 3.17 bits per heavy atom. The zero-order valence-electron chi connectivity index (χ0n) is 10.0. The van der Waals surface area contributed by atoms with Crippen LogP contribution in [-0.2, 0) is 4.74 Å². The van der Waals surface area contributed by atoms with E-state index in [2.05, 4.69) is 4.98 Å². The Morgan fingerprint density at radius 2 is 2.50 bits per heavy atom. The maximum absolute atomic E-state index is 10.7. The molecule has 0 bridgehead atoms. The normalized spacial score (nSPS) is 24.0. The molecule has 7 nitrogen and oxygen atoms in total. The van der Waals surface area contributed by atoms with Gasteiger partial charge in [-0.15, -0.1) is 0 Å². The largest absolute Gasteiger partial charge is 0.394 e. The minimum atomic E-state index is -0.445. The molecule has 1 aliphatic heterocycles. The van der Waals surface area contributed by atoms with Crippen molar-refractivity contribution in [2.24, 2.45) is 0 Å². The second kappa shape index (κ2) is 5.28. The van der Waals surface area contributed by atoms with Gasteiger partial charge in [0.05, 0.1) is 36.3 Å². The van der Waals surface area contributed by atoms with Crippen LogP contribution in [0.4, 0.5) is 11.5 Å². The van der Waals surface area contributed by atoms with Gasteiger partial charge in [0.1, 0.15) is 5.82 Å². The molecule has 1 saturated heterocycles. The second-order valence-electron chi connectivity index (χ2n) is 4.27. The molecule has 98 valence electrons. The van der Waals surface area contributed by atoms with Gasteiger partial charge in [0.25, 0.3) is 5.69 Å². The SMILES string of the molecule is CC1COC(CO)CN1c1cc([N+](=O)[O-])ccn1. The number of anilines is 1. The smallest absolute Gasteiger partial charge is 0.274 e. The van der Waals surface area contributed by atoms with E-state index in [0.717, 1.165) is 0 Å². The first-order valence-corrected chi connectivity index (χ1v) is 5.71. The van der Waals surface area contributed by atoms with Gasteiger partial charge in [0.2, 0.25) is 0 Å². The quantitative estimate of drug-likeness (QED) is 0.626. The number of hydrogen-bond acceptors (Lipinski definition) is 6. The van der Waals surface area contributed by atoms with E-state index in [0.29, 0.717) is 19.0 Å². The predicted molar refractivity (Wildman–Crippen MR) is 64.5 cm³/mol. The lowest BCUT2D eigenvalue weighted by atomic mass is 10.2. The molecule has 0 saturated carbocycles. The van der Waals surface area contributed by atoms with Gasteiger partial charge in [0, 0.05) is 18.8 Å². The average Bonchev–Trinajstić information content (AvgIpc) is 2.39. The van der Waals surface area contributed by atoms with Crippen LogP contribution in [0.5, 0.6) is 0 Å². The number of aliphatic hydroxyl groups is 1. The highest BCUT2D eigenvalue weighted by molar-refractivity contribution is 5.47. The number of aromatic nitrogens is 1. The maximum Gasteiger partial charge on any atom is 0.274 e. The molecule has 1 aliphatic rings. The van der Waals surface area contributed by atoms with Crippen molar-refractivity contribution in [2.45, 2.75) is 19.1 Å². The van der Waals surface area contributed by atoms with E-state index in [1.807, 2.05) is 11.8 Å². The third-order valence-corrected chi connectivity index (χ3v) is 2.94. The molecule has 2 unspecified atom stereocenters. The van der Waals surface area contributed by atoms with Crippen LogP contribution in [0.3, 0.4) is 0 Å². The second-order valence-corrected chi connectivity index (χ2v) is 4.27. The third-order valence-electron chi connectivity index (χ3n) is 2.94. The van der Waals surface area contributed by atoms with Crippen LogP contribution < -0.4 is 4.90 Å². The Kier molecular flexibility index (Phi) is 3.73. The third kappa shape index (κ3) is 2.57. The Bertz CT molecular complexity index is 440. The van der Waals surface area contributed by atoms with Gasteiger partial charge in [-0.05, 0) is 6.92 Å². The number of morpholine rings is 1. The van der Waals surface area contributed by atoms with Crippen LogP contribution in [0.2, 0.25) is 0 Å². The van der Waals surface area contributed by atoms with Crippen LogP contribution >= 0.6 is 0 Å². The number of nitrogens with zero attached hydrogens (tertiary/aromatic N) is 3. The van der Waals surface area contributed by atoms with Gasteiger partial charge in [0.15, 0.2) is 0 Å². The van der Waals surface area contributed by atoms with Crippen LogP contribution in [0.1, 0.15) is 6.92 Å². The van der Waals surface area contributed by atoms with E-state index < -0.39 is 4.92 Å². The molecule has 1 N–H and O–H groups in total. The fourth-order valence-corrected chi connectivity index (χ4v) is 1.93. The molecule has 0 amide bonds. The van der Waals surface area contributed by atoms with Gasteiger partial charge < -0.3 is 14.7 Å². The molecule has 2 atom stereocenters. The van der Waals surface area contributed by atoms with Crippen LogP contribution in [0.25, 0.3) is 0 Å². The highest BCUT2D eigenvalue weighted by Gasteiger charge is 2.27. The van der Waals surface area contributed by atoms with Gasteiger partial charge in [-0.3, -0.25) is 10.1 Å². The van der Waals surface area contributed by atoms with Gasteiger partial charge in [-0.25, -0.2) is 4.98 Å². The van der Waals surface area contributed by atoms with Crippen molar-refractivity contribution < 1.29 is 14.8 Å². The standard InChI is InChI=1S/C11H15N3O4/c1-8-7-18-10(6-15)5-13(8)11-4-9(14(16)17)2-3-12-11/h2-4,8,10,15H,5-7H2,1H3. The molecule has 2 heterocycles. The summed E-state index contributed by atoms with van der Waals surface area (Å²) >= 11 is 0. The van der Waals surface area contributed by atoms with Crippen molar-refractivity contribution in [1.82, 2.24) is 4.98 Å². The summed E-state index contributed by atoms with van der Waals surface area (Å²) in [5.41, 5.74) is 0.0132. The molecule has 0 spiro atoms. The molecule has 1 aromatic rings. The molecule has 0 aromatic carbocycles. The zero-order valence-corrected chi connectivity index (χ0v) is 10.0. The minimum absolute atomic E-state index is 0.0132. The fraction of sp³-hybridized carbons (Fsp3) is 0.545. The van der Waals surface area contributed by atoms with Crippen molar-refractivity contribution >= 4 is 11.5 Å². The van der Waals surface area contributed by atoms with E-state index in [1.165, 1.54) is 18.3 Å². The van der Waals surface area contributed by atoms with Gasteiger partial charge >= 0.3 is 0 Å². The topological polar surface area (TPSA) is 88.7 Å². The van der Waals surface area contributed by atoms with E-state index in [-0.39, 0.29) is 24.4 Å². The zero-order chi connectivity index (χ0) is 13.1. The summed E-state index contributed by atoms with van der Waals surface area (Å²) in [5, 5.41) is 19.8. The summed E-state index contributed by atoms with van der Waals surface area (Å²) in [6.45, 7) is 2.83. The monoisotopic (exact) mass is 253 g/mol. The van der Waals surface area contributed by atoms with Gasteiger partial charge in [-0.2, -0.15) is 0 Å². The molecule has 2 rings (SSSR count). The molecule has 0 radical (unpaired) electrons. The van der Waals surface area contributed by atoms with E-state index >= 15 is 0 Å². The molecule has 1 fully saturated rings. The summed E-state index contributed by atoms with van der Waals surface area (Å²) in [7, 11) is 0. The number of aliphatic hydroxyl groups excluding tert-OH is 1. The number of nitro groups is 1. The predicted octanol–water partition coefficient (Wildman–Crippen LogP) is 0.576. The van der Waals surface area contributed by atoms with Crippen molar-refractivity contribution in [3.05, 3.63) is 28.4 Å². The summed E-state index contributed by atoms with van der Waals surface area (Å²) < 4.78 is 5.42. The molecular formula is C11H15N3O4.